The molecule has 1 aliphatic heterocycles. The Balaban J connectivity index is 1.62. The molecule has 3 heteroatoms. The standard InChI is InChI=1S/C27H29NO2/c1-27(2,3)22-16-10-11-19(17-22)18-23-26(29)30-25(21-14-8-5-9-15-21)24(28-23)20-12-6-4-7-13-20/h4-17,23-25,28H,18H2,1-3H3/t23-,24-,25+/m0/s1. The van der Waals surface area contributed by atoms with Crippen LogP contribution in [0.15, 0.2) is 84.9 Å². The molecule has 1 heterocycles. The summed E-state index contributed by atoms with van der Waals surface area (Å²) in [6, 6.07) is 28.2. The summed E-state index contributed by atoms with van der Waals surface area (Å²) in [4.78, 5) is 13.0. The van der Waals surface area contributed by atoms with Crippen LogP contribution in [0.2, 0.25) is 0 Å². The number of nitrogens with one attached hydrogen (secondary N) is 1. The van der Waals surface area contributed by atoms with E-state index in [1.807, 2.05) is 48.5 Å². The van der Waals surface area contributed by atoms with Crippen LogP contribution < -0.4 is 5.32 Å². The zero-order chi connectivity index (χ0) is 21.1. The van der Waals surface area contributed by atoms with Gasteiger partial charge in [-0.1, -0.05) is 106 Å². The molecule has 1 saturated heterocycles. The normalized spacial score (nSPS) is 21.8. The number of carbonyl (C=O) groups is 1. The fourth-order valence-corrected chi connectivity index (χ4v) is 4.02. The smallest absolute Gasteiger partial charge is 0.324 e. The van der Waals surface area contributed by atoms with E-state index in [0.717, 1.165) is 16.7 Å². The van der Waals surface area contributed by atoms with Crippen LogP contribution in [0.5, 0.6) is 0 Å². The summed E-state index contributed by atoms with van der Waals surface area (Å²) in [5.41, 5.74) is 4.60. The quantitative estimate of drug-likeness (QED) is 0.587. The van der Waals surface area contributed by atoms with Gasteiger partial charge < -0.3 is 4.74 Å². The van der Waals surface area contributed by atoms with Gasteiger partial charge in [0, 0.05) is 0 Å². The first-order valence-electron chi connectivity index (χ1n) is 10.6. The zero-order valence-corrected chi connectivity index (χ0v) is 17.8. The summed E-state index contributed by atoms with van der Waals surface area (Å²) in [6.07, 6.45) is 0.256. The van der Waals surface area contributed by atoms with Crippen molar-refractivity contribution < 1.29 is 9.53 Å². The topological polar surface area (TPSA) is 38.3 Å². The lowest BCUT2D eigenvalue weighted by molar-refractivity contribution is -0.160. The maximum atomic E-state index is 13.0. The molecule has 154 valence electrons. The van der Waals surface area contributed by atoms with E-state index < -0.39 is 0 Å². The Bertz CT molecular complexity index is 992. The first-order valence-corrected chi connectivity index (χ1v) is 10.6. The average Bonchev–Trinajstić information content (AvgIpc) is 2.76. The van der Waals surface area contributed by atoms with Gasteiger partial charge in [-0.15, -0.1) is 0 Å². The molecule has 1 aliphatic rings. The fourth-order valence-electron chi connectivity index (χ4n) is 4.02. The highest BCUT2D eigenvalue weighted by Crippen LogP contribution is 2.36. The van der Waals surface area contributed by atoms with Crippen LogP contribution in [0.25, 0.3) is 0 Å². The number of morpholine rings is 1. The second-order valence-electron chi connectivity index (χ2n) is 9.03. The number of carbonyl (C=O) groups excluding carboxylic acids is 1. The number of hydrogen-bond donors (Lipinski definition) is 1. The summed E-state index contributed by atoms with van der Waals surface area (Å²) in [6.45, 7) is 6.61. The van der Waals surface area contributed by atoms with E-state index in [9.17, 15) is 4.79 Å². The SMILES string of the molecule is CC(C)(C)c1cccc(C[C@@H]2N[C@@H](c3ccccc3)[C@@H](c3ccccc3)OC2=O)c1. The molecule has 3 aromatic rings. The number of hydrogen-bond acceptors (Lipinski definition) is 3. The van der Waals surface area contributed by atoms with Crippen molar-refractivity contribution in [2.24, 2.45) is 0 Å². The predicted molar refractivity (Wildman–Crippen MR) is 120 cm³/mol. The van der Waals surface area contributed by atoms with E-state index in [2.05, 4.69) is 62.5 Å². The minimum absolute atomic E-state index is 0.0709. The van der Waals surface area contributed by atoms with Crippen LogP contribution in [-0.2, 0) is 21.4 Å². The lowest BCUT2D eigenvalue weighted by atomic mass is 9.85. The maximum Gasteiger partial charge on any atom is 0.324 e. The Morgan fingerprint density at radius 1 is 0.833 bits per heavy atom. The molecule has 0 bridgehead atoms. The third-order valence-corrected chi connectivity index (χ3v) is 5.73. The third kappa shape index (κ3) is 4.47. The van der Waals surface area contributed by atoms with Crippen LogP contribution in [0.1, 0.15) is 55.2 Å². The largest absolute Gasteiger partial charge is 0.454 e. The number of cyclic esters (lactones) is 1. The highest BCUT2D eigenvalue weighted by Gasteiger charge is 2.38. The van der Waals surface area contributed by atoms with E-state index >= 15 is 0 Å². The summed E-state index contributed by atoms with van der Waals surface area (Å²) < 4.78 is 6.02. The first kappa shape index (κ1) is 20.4. The van der Waals surface area contributed by atoms with Crippen molar-refractivity contribution >= 4 is 5.97 Å². The molecular formula is C27H29NO2. The molecule has 0 unspecified atom stereocenters. The van der Waals surface area contributed by atoms with Gasteiger partial charge in [0.2, 0.25) is 0 Å². The molecule has 3 aromatic carbocycles. The number of esters is 1. The van der Waals surface area contributed by atoms with Gasteiger partial charge in [-0.25, -0.2) is 0 Å². The minimum Gasteiger partial charge on any atom is -0.454 e. The summed E-state index contributed by atoms with van der Waals surface area (Å²) >= 11 is 0. The van der Waals surface area contributed by atoms with Gasteiger partial charge in [-0.05, 0) is 34.1 Å². The first-order chi connectivity index (χ1) is 14.4. The highest BCUT2D eigenvalue weighted by atomic mass is 16.5. The zero-order valence-electron chi connectivity index (χ0n) is 17.8. The van der Waals surface area contributed by atoms with Gasteiger partial charge in [0.25, 0.3) is 0 Å². The van der Waals surface area contributed by atoms with Gasteiger partial charge >= 0.3 is 5.97 Å². The molecule has 3 nitrogen and oxygen atoms in total. The molecule has 0 amide bonds. The van der Waals surface area contributed by atoms with Gasteiger partial charge in [0.15, 0.2) is 0 Å². The van der Waals surface area contributed by atoms with Crippen molar-refractivity contribution in [1.82, 2.24) is 5.32 Å². The lowest BCUT2D eigenvalue weighted by Gasteiger charge is -2.37. The van der Waals surface area contributed by atoms with Crippen LogP contribution in [0, 0.1) is 0 Å². The number of ether oxygens (including phenoxy) is 1. The van der Waals surface area contributed by atoms with E-state index in [1.54, 1.807) is 0 Å². The second kappa shape index (κ2) is 8.45. The molecule has 0 spiro atoms. The van der Waals surface area contributed by atoms with E-state index in [4.69, 9.17) is 4.74 Å². The van der Waals surface area contributed by atoms with E-state index in [-0.39, 0.29) is 29.6 Å². The molecule has 0 aliphatic carbocycles. The number of benzene rings is 3. The summed E-state index contributed by atoms with van der Waals surface area (Å²) in [5.74, 6) is -0.197. The lowest BCUT2D eigenvalue weighted by Crippen LogP contribution is -2.49. The summed E-state index contributed by atoms with van der Waals surface area (Å²) in [7, 11) is 0. The molecule has 3 atom stereocenters. The van der Waals surface area contributed by atoms with Crippen LogP contribution in [-0.4, -0.2) is 12.0 Å². The van der Waals surface area contributed by atoms with Crippen molar-refractivity contribution in [2.45, 2.75) is 50.8 Å². The van der Waals surface area contributed by atoms with Crippen LogP contribution in [0.4, 0.5) is 0 Å². The van der Waals surface area contributed by atoms with Crippen molar-refractivity contribution in [2.75, 3.05) is 0 Å². The summed E-state index contributed by atoms with van der Waals surface area (Å²) in [5, 5.41) is 3.60. The molecule has 0 saturated carbocycles. The number of rotatable bonds is 4. The molecule has 1 N–H and O–H groups in total. The Morgan fingerprint density at radius 3 is 2.10 bits per heavy atom. The van der Waals surface area contributed by atoms with Gasteiger partial charge in [0.05, 0.1) is 6.04 Å². The fraction of sp³-hybridized carbons (Fsp3) is 0.296. The molecular weight excluding hydrogens is 370 g/mol. The van der Waals surface area contributed by atoms with E-state index in [0.29, 0.717) is 6.42 Å². The minimum atomic E-state index is -0.384. The van der Waals surface area contributed by atoms with Crippen molar-refractivity contribution in [1.29, 1.82) is 0 Å². The Morgan fingerprint density at radius 2 is 1.47 bits per heavy atom. The average molecular weight is 400 g/mol. The highest BCUT2D eigenvalue weighted by molar-refractivity contribution is 5.77. The van der Waals surface area contributed by atoms with Crippen molar-refractivity contribution in [3.05, 3.63) is 107 Å². The van der Waals surface area contributed by atoms with Crippen molar-refractivity contribution in [3.63, 3.8) is 0 Å². The monoisotopic (exact) mass is 399 g/mol. The Labute approximate surface area is 179 Å². The van der Waals surface area contributed by atoms with Crippen molar-refractivity contribution in [3.8, 4) is 0 Å². The molecule has 0 radical (unpaired) electrons. The third-order valence-electron chi connectivity index (χ3n) is 5.73. The molecule has 1 fully saturated rings. The molecule has 30 heavy (non-hydrogen) atoms. The maximum absolute atomic E-state index is 13.0. The van der Waals surface area contributed by atoms with Gasteiger partial charge in [-0.3, -0.25) is 10.1 Å². The predicted octanol–water partition coefficient (Wildman–Crippen LogP) is 5.52. The van der Waals surface area contributed by atoms with Gasteiger partial charge in [0.1, 0.15) is 12.1 Å². The van der Waals surface area contributed by atoms with Gasteiger partial charge in [-0.2, -0.15) is 0 Å². The molecule has 0 aromatic heterocycles. The second-order valence-corrected chi connectivity index (χ2v) is 9.03. The Hall–Kier alpha value is -2.91. The van der Waals surface area contributed by atoms with E-state index in [1.165, 1.54) is 5.56 Å². The van der Waals surface area contributed by atoms with Crippen LogP contribution >= 0.6 is 0 Å². The molecule has 4 rings (SSSR count). The van der Waals surface area contributed by atoms with Crippen LogP contribution in [0.3, 0.4) is 0 Å². The Kier molecular flexibility index (Phi) is 5.74.